The van der Waals surface area contributed by atoms with E-state index in [4.69, 9.17) is 0 Å². The maximum atomic E-state index is 4.53. The number of aromatic nitrogens is 1. The summed E-state index contributed by atoms with van der Waals surface area (Å²) in [6.45, 7) is 4.24. The molecule has 3 rings (SSSR count). The lowest BCUT2D eigenvalue weighted by atomic mass is 10.2. The van der Waals surface area contributed by atoms with Crippen molar-refractivity contribution < 1.29 is 0 Å². The summed E-state index contributed by atoms with van der Waals surface area (Å²) in [6, 6.07) is 12.9. The van der Waals surface area contributed by atoms with Gasteiger partial charge in [-0.3, -0.25) is 0 Å². The van der Waals surface area contributed by atoms with Gasteiger partial charge in [0.1, 0.15) is 5.01 Å². The smallest absolute Gasteiger partial charge is 0.123 e. The minimum absolute atomic E-state index is 1.09. The third-order valence-electron chi connectivity index (χ3n) is 2.79. The molecule has 0 fully saturated rings. The van der Waals surface area contributed by atoms with E-state index in [9.17, 15) is 0 Å². The van der Waals surface area contributed by atoms with Gasteiger partial charge in [0, 0.05) is 21.5 Å². The first kappa shape index (κ1) is 11.6. The summed E-state index contributed by atoms with van der Waals surface area (Å²) in [7, 11) is 0. The number of benzene rings is 1. The third-order valence-corrected chi connectivity index (χ3v) is 5.03. The molecule has 2 heterocycles. The van der Waals surface area contributed by atoms with E-state index in [1.807, 2.05) is 17.5 Å². The van der Waals surface area contributed by atoms with Crippen molar-refractivity contribution in [1.82, 2.24) is 4.98 Å². The van der Waals surface area contributed by atoms with Crippen molar-refractivity contribution in [2.75, 3.05) is 0 Å². The Morgan fingerprint density at radius 1 is 0.833 bits per heavy atom. The second kappa shape index (κ2) is 4.67. The number of aryl methyl sites for hydroxylation is 2. The molecule has 2 aromatic heterocycles. The zero-order valence-corrected chi connectivity index (χ0v) is 11.9. The van der Waals surface area contributed by atoms with Crippen LogP contribution in [0.4, 0.5) is 0 Å². The Morgan fingerprint density at radius 2 is 1.61 bits per heavy atom. The van der Waals surface area contributed by atoms with Crippen LogP contribution < -0.4 is 0 Å². The fourth-order valence-electron chi connectivity index (χ4n) is 1.78. The summed E-state index contributed by atoms with van der Waals surface area (Å²) in [5, 5.41) is 1.09. The van der Waals surface area contributed by atoms with Gasteiger partial charge in [-0.25, -0.2) is 4.98 Å². The molecule has 0 amide bonds. The lowest BCUT2D eigenvalue weighted by molar-refractivity contribution is 1.40. The molecule has 0 saturated heterocycles. The van der Waals surface area contributed by atoms with Crippen molar-refractivity contribution in [3.05, 3.63) is 53.0 Å². The highest BCUT2D eigenvalue weighted by Gasteiger charge is 2.07. The minimum Gasteiger partial charge on any atom is -0.244 e. The molecule has 3 aromatic rings. The molecular formula is C15H13NS2. The van der Waals surface area contributed by atoms with Gasteiger partial charge in [0.2, 0.25) is 0 Å². The highest BCUT2D eigenvalue weighted by molar-refractivity contribution is 7.23. The Morgan fingerprint density at radius 3 is 2.28 bits per heavy atom. The molecule has 1 aromatic carbocycles. The number of thiazole rings is 1. The quantitative estimate of drug-likeness (QED) is 0.627. The Kier molecular flexibility index (Phi) is 3.02. The van der Waals surface area contributed by atoms with E-state index >= 15 is 0 Å². The van der Waals surface area contributed by atoms with Gasteiger partial charge < -0.3 is 0 Å². The van der Waals surface area contributed by atoms with Crippen LogP contribution in [0.15, 0.2) is 42.6 Å². The molecule has 0 spiro atoms. The average molecular weight is 271 g/mol. The Labute approximate surface area is 115 Å². The number of nitrogens with zero attached hydrogens (tertiary/aromatic N) is 1. The molecule has 1 nitrogen and oxygen atoms in total. The van der Waals surface area contributed by atoms with Crippen LogP contribution in [0.1, 0.15) is 10.4 Å². The fraction of sp³-hybridized carbons (Fsp3) is 0.133. The first-order valence-electron chi connectivity index (χ1n) is 5.82. The van der Waals surface area contributed by atoms with E-state index in [1.54, 1.807) is 11.3 Å². The topological polar surface area (TPSA) is 12.9 Å². The number of hydrogen-bond acceptors (Lipinski definition) is 3. The predicted molar refractivity (Wildman–Crippen MR) is 80.3 cm³/mol. The summed E-state index contributed by atoms with van der Waals surface area (Å²) >= 11 is 3.58. The maximum absolute atomic E-state index is 4.53. The largest absolute Gasteiger partial charge is 0.244 e. The van der Waals surface area contributed by atoms with Gasteiger partial charge >= 0.3 is 0 Å². The second-order valence-electron chi connectivity index (χ2n) is 4.31. The summed E-state index contributed by atoms with van der Waals surface area (Å²) < 4.78 is 0. The summed E-state index contributed by atoms with van der Waals surface area (Å²) in [5.74, 6) is 0. The predicted octanol–water partition coefficient (Wildman–Crippen LogP) is 5.16. The Bertz CT molecular complexity index is 662. The molecule has 0 radical (unpaired) electrons. The maximum Gasteiger partial charge on any atom is 0.123 e. The fourth-order valence-corrected chi connectivity index (χ4v) is 3.65. The molecule has 0 atom stereocenters. The van der Waals surface area contributed by atoms with Crippen molar-refractivity contribution in [3.63, 3.8) is 0 Å². The van der Waals surface area contributed by atoms with Crippen molar-refractivity contribution in [2.24, 2.45) is 0 Å². The summed E-state index contributed by atoms with van der Waals surface area (Å²) in [4.78, 5) is 8.43. The van der Waals surface area contributed by atoms with Crippen molar-refractivity contribution in [3.8, 4) is 20.3 Å². The highest BCUT2D eigenvalue weighted by atomic mass is 32.1. The zero-order chi connectivity index (χ0) is 12.5. The van der Waals surface area contributed by atoms with E-state index in [1.165, 1.54) is 25.8 Å². The van der Waals surface area contributed by atoms with Gasteiger partial charge in [-0.1, -0.05) is 29.8 Å². The lowest BCUT2D eigenvalue weighted by Gasteiger charge is -1.96. The second-order valence-corrected chi connectivity index (χ2v) is 6.62. The van der Waals surface area contributed by atoms with E-state index in [2.05, 4.69) is 55.2 Å². The van der Waals surface area contributed by atoms with Crippen LogP contribution >= 0.6 is 22.7 Å². The summed E-state index contributed by atoms with van der Waals surface area (Å²) in [6.07, 6.45) is 1.98. The molecule has 0 aliphatic carbocycles. The SMILES string of the molecule is Cc1ccc(-c2ncc(-c3ccc(C)s3)s2)cc1. The van der Waals surface area contributed by atoms with Gasteiger partial charge in [-0.15, -0.1) is 22.7 Å². The van der Waals surface area contributed by atoms with Gasteiger partial charge in [0.05, 0.1) is 4.88 Å². The molecule has 0 saturated carbocycles. The molecule has 0 aliphatic heterocycles. The van der Waals surface area contributed by atoms with Crippen LogP contribution in [0.3, 0.4) is 0 Å². The summed E-state index contributed by atoms with van der Waals surface area (Å²) in [5.41, 5.74) is 2.48. The normalized spacial score (nSPS) is 10.8. The minimum atomic E-state index is 1.09. The standard InChI is InChI=1S/C15H13NS2/c1-10-3-6-12(7-4-10)15-16-9-14(18-15)13-8-5-11(2)17-13/h3-9H,1-2H3. The van der Waals surface area contributed by atoms with Gasteiger partial charge in [0.15, 0.2) is 0 Å². The average Bonchev–Trinajstić information content (AvgIpc) is 2.98. The third kappa shape index (κ3) is 2.24. The molecule has 0 unspecified atom stereocenters. The van der Waals surface area contributed by atoms with E-state index < -0.39 is 0 Å². The van der Waals surface area contributed by atoms with Crippen molar-refractivity contribution >= 4 is 22.7 Å². The zero-order valence-electron chi connectivity index (χ0n) is 10.3. The van der Waals surface area contributed by atoms with Crippen LogP contribution in [0, 0.1) is 13.8 Å². The number of hydrogen-bond donors (Lipinski definition) is 0. The van der Waals surface area contributed by atoms with Crippen LogP contribution in [0.2, 0.25) is 0 Å². The Hall–Kier alpha value is -1.45. The number of thiophene rings is 1. The van der Waals surface area contributed by atoms with Gasteiger partial charge in [0.25, 0.3) is 0 Å². The Balaban J connectivity index is 1.96. The van der Waals surface area contributed by atoms with Crippen LogP contribution in [0.25, 0.3) is 20.3 Å². The van der Waals surface area contributed by atoms with Crippen molar-refractivity contribution in [2.45, 2.75) is 13.8 Å². The number of rotatable bonds is 2. The molecule has 0 aliphatic rings. The van der Waals surface area contributed by atoms with Crippen LogP contribution in [-0.2, 0) is 0 Å². The first-order chi connectivity index (χ1) is 8.72. The van der Waals surface area contributed by atoms with Crippen LogP contribution in [-0.4, -0.2) is 4.98 Å². The lowest BCUT2D eigenvalue weighted by Crippen LogP contribution is -1.75. The van der Waals surface area contributed by atoms with E-state index in [0.717, 1.165) is 5.01 Å². The highest BCUT2D eigenvalue weighted by Crippen LogP contribution is 2.35. The monoisotopic (exact) mass is 271 g/mol. The molecule has 0 bridgehead atoms. The van der Waals surface area contributed by atoms with E-state index in [-0.39, 0.29) is 0 Å². The molecule has 3 heteroatoms. The van der Waals surface area contributed by atoms with Crippen LogP contribution in [0.5, 0.6) is 0 Å². The van der Waals surface area contributed by atoms with Gasteiger partial charge in [-0.05, 0) is 26.0 Å². The molecular weight excluding hydrogens is 258 g/mol. The molecule has 18 heavy (non-hydrogen) atoms. The molecule has 90 valence electrons. The van der Waals surface area contributed by atoms with Gasteiger partial charge in [-0.2, -0.15) is 0 Å². The van der Waals surface area contributed by atoms with E-state index in [0.29, 0.717) is 0 Å². The molecule has 0 N–H and O–H groups in total. The first-order valence-corrected chi connectivity index (χ1v) is 7.45. The van der Waals surface area contributed by atoms with Crippen molar-refractivity contribution in [1.29, 1.82) is 0 Å².